The molecule has 0 bridgehead atoms. The highest BCUT2D eigenvalue weighted by Crippen LogP contribution is 2.38. The Bertz CT molecular complexity index is 1310. The molecular weight excluding hydrogens is 514 g/mol. The zero-order valence-electron chi connectivity index (χ0n) is 24.9. The monoisotopic (exact) mass is 557 g/mol. The minimum atomic E-state index is -0.219. The summed E-state index contributed by atoms with van der Waals surface area (Å²) in [6.45, 7) is 23.0. The van der Waals surface area contributed by atoms with Crippen LogP contribution in [0.1, 0.15) is 68.0 Å². The molecule has 2 aromatic rings. The SMILES string of the molecule is [C-]#[N+]C[C@H]1CN(c2nc(OC[C@@H]3CCCN3C)nc3c2CN(C(C)c2ccccc2C(C)C)C3)CCN1C(=O)C=C. The van der Waals surface area contributed by atoms with Crippen molar-refractivity contribution in [2.24, 2.45) is 0 Å². The van der Waals surface area contributed by atoms with E-state index in [1.54, 1.807) is 4.90 Å². The fraction of sp³-hybridized carbons (Fsp3) is 0.562. The molecule has 4 heterocycles. The maximum absolute atomic E-state index is 12.5. The summed E-state index contributed by atoms with van der Waals surface area (Å²) in [4.78, 5) is 34.9. The molecule has 0 aliphatic carbocycles. The molecule has 9 nitrogen and oxygen atoms in total. The fourth-order valence-corrected chi connectivity index (χ4v) is 6.53. The van der Waals surface area contributed by atoms with Crippen molar-refractivity contribution in [1.29, 1.82) is 0 Å². The third-order valence-corrected chi connectivity index (χ3v) is 9.00. The summed E-state index contributed by atoms with van der Waals surface area (Å²) in [5.74, 6) is 1.19. The van der Waals surface area contributed by atoms with E-state index in [-0.39, 0.29) is 24.5 Å². The van der Waals surface area contributed by atoms with Crippen LogP contribution in [0, 0.1) is 6.57 Å². The van der Waals surface area contributed by atoms with Gasteiger partial charge in [0.25, 0.3) is 0 Å². The first-order valence-electron chi connectivity index (χ1n) is 14.9. The van der Waals surface area contributed by atoms with Gasteiger partial charge in [0.15, 0.2) is 0 Å². The van der Waals surface area contributed by atoms with E-state index in [1.165, 1.54) is 23.6 Å². The van der Waals surface area contributed by atoms with Crippen LogP contribution in [0.15, 0.2) is 36.9 Å². The molecule has 9 heteroatoms. The third kappa shape index (κ3) is 6.09. The normalized spacial score (nSPS) is 22.0. The van der Waals surface area contributed by atoms with Gasteiger partial charge < -0.3 is 24.3 Å². The second kappa shape index (κ2) is 12.6. The van der Waals surface area contributed by atoms with Gasteiger partial charge >= 0.3 is 6.01 Å². The number of anilines is 1. The first-order valence-corrected chi connectivity index (χ1v) is 14.9. The van der Waals surface area contributed by atoms with Crippen LogP contribution in [0.25, 0.3) is 4.85 Å². The van der Waals surface area contributed by atoms with Crippen molar-refractivity contribution in [2.45, 2.75) is 70.7 Å². The van der Waals surface area contributed by atoms with E-state index in [4.69, 9.17) is 21.3 Å². The molecule has 218 valence electrons. The Labute approximate surface area is 244 Å². The van der Waals surface area contributed by atoms with Crippen LogP contribution in [0.4, 0.5) is 5.82 Å². The Morgan fingerprint density at radius 3 is 2.61 bits per heavy atom. The smallest absolute Gasteiger partial charge is 0.318 e. The molecule has 1 aromatic heterocycles. The zero-order chi connectivity index (χ0) is 29.1. The van der Waals surface area contributed by atoms with Crippen molar-refractivity contribution < 1.29 is 9.53 Å². The number of carbonyl (C=O) groups is 1. The minimum absolute atomic E-state index is 0.125. The van der Waals surface area contributed by atoms with Crippen LogP contribution in [0.5, 0.6) is 6.01 Å². The maximum Gasteiger partial charge on any atom is 0.318 e. The van der Waals surface area contributed by atoms with E-state index >= 15 is 0 Å². The lowest BCUT2D eigenvalue weighted by molar-refractivity contribution is -0.128. The predicted octanol–water partition coefficient (Wildman–Crippen LogP) is 4.27. The number of hydrogen-bond donors (Lipinski definition) is 0. The van der Waals surface area contributed by atoms with Gasteiger partial charge in [0, 0.05) is 50.4 Å². The molecule has 2 fully saturated rings. The lowest BCUT2D eigenvalue weighted by atomic mass is 9.93. The van der Waals surface area contributed by atoms with Crippen LogP contribution in [0.2, 0.25) is 0 Å². The van der Waals surface area contributed by atoms with Crippen LogP contribution >= 0.6 is 0 Å². The quantitative estimate of drug-likeness (QED) is 0.337. The molecule has 0 saturated carbocycles. The van der Waals surface area contributed by atoms with Crippen LogP contribution < -0.4 is 9.64 Å². The Morgan fingerprint density at radius 2 is 1.93 bits per heavy atom. The summed E-state index contributed by atoms with van der Waals surface area (Å²) in [6.07, 6.45) is 3.64. The van der Waals surface area contributed by atoms with E-state index in [1.807, 2.05) is 0 Å². The molecule has 3 aliphatic rings. The molecule has 0 spiro atoms. The second-order valence-electron chi connectivity index (χ2n) is 11.9. The van der Waals surface area contributed by atoms with Gasteiger partial charge in [0.2, 0.25) is 12.5 Å². The van der Waals surface area contributed by atoms with E-state index in [2.05, 4.69) is 78.2 Å². The van der Waals surface area contributed by atoms with Gasteiger partial charge in [0.05, 0.1) is 5.69 Å². The lowest BCUT2D eigenvalue weighted by Crippen LogP contribution is -2.56. The van der Waals surface area contributed by atoms with E-state index < -0.39 is 0 Å². The van der Waals surface area contributed by atoms with E-state index in [0.29, 0.717) is 44.2 Å². The molecule has 0 N–H and O–H groups in total. The molecule has 1 amide bonds. The number of fused-ring (bicyclic) bond motifs is 1. The number of ether oxygens (including phenoxy) is 1. The summed E-state index contributed by atoms with van der Waals surface area (Å²) < 4.78 is 6.26. The van der Waals surface area contributed by atoms with Crippen LogP contribution in [0.3, 0.4) is 0 Å². The molecule has 3 atom stereocenters. The van der Waals surface area contributed by atoms with Crippen molar-refractivity contribution >= 4 is 11.7 Å². The molecule has 2 saturated heterocycles. The molecular formula is C32H43N7O2. The Balaban J connectivity index is 1.44. The molecule has 41 heavy (non-hydrogen) atoms. The van der Waals surface area contributed by atoms with Crippen LogP contribution in [-0.4, -0.2) is 89.0 Å². The number of rotatable bonds is 9. The topological polar surface area (TPSA) is 69.4 Å². The van der Waals surface area contributed by atoms with Crippen molar-refractivity contribution in [2.75, 3.05) is 51.3 Å². The Morgan fingerprint density at radius 1 is 1.15 bits per heavy atom. The number of benzene rings is 1. The van der Waals surface area contributed by atoms with Gasteiger partial charge in [-0.3, -0.25) is 9.69 Å². The number of piperazine rings is 1. The van der Waals surface area contributed by atoms with E-state index in [9.17, 15) is 4.79 Å². The van der Waals surface area contributed by atoms with Gasteiger partial charge in [-0.2, -0.15) is 9.97 Å². The van der Waals surface area contributed by atoms with E-state index in [0.717, 1.165) is 43.1 Å². The average Bonchev–Trinajstić information content (AvgIpc) is 3.60. The lowest BCUT2D eigenvalue weighted by Gasteiger charge is -2.40. The number of amides is 1. The molecule has 1 aromatic carbocycles. The van der Waals surface area contributed by atoms with Gasteiger partial charge in [0.1, 0.15) is 18.5 Å². The summed E-state index contributed by atoms with van der Waals surface area (Å²) in [7, 11) is 2.14. The number of likely N-dealkylation sites (N-methyl/N-ethyl adjacent to an activating group) is 1. The fourth-order valence-electron chi connectivity index (χ4n) is 6.53. The largest absolute Gasteiger partial charge is 0.462 e. The van der Waals surface area contributed by atoms with Crippen molar-refractivity contribution in [1.82, 2.24) is 24.7 Å². The van der Waals surface area contributed by atoms with Gasteiger partial charge in [-0.1, -0.05) is 44.7 Å². The number of likely N-dealkylation sites (tertiary alicyclic amines) is 1. The van der Waals surface area contributed by atoms with Crippen molar-refractivity contribution in [3.8, 4) is 6.01 Å². The summed E-state index contributed by atoms with van der Waals surface area (Å²) >= 11 is 0. The molecule has 3 aliphatic heterocycles. The molecule has 5 rings (SSSR count). The number of nitrogens with zero attached hydrogens (tertiary/aromatic N) is 7. The highest BCUT2D eigenvalue weighted by Gasteiger charge is 2.36. The Hall–Kier alpha value is -3.48. The predicted molar refractivity (Wildman–Crippen MR) is 161 cm³/mol. The van der Waals surface area contributed by atoms with Gasteiger partial charge in [-0.05, 0) is 56.5 Å². The van der Waals surface area contributed by atoms with Crippen molar-refractivity contribution in [3.63, 3.8) is 0 Å². The first-order chi connectivity index (χ1) is 19.8. The number of hydrogen-bond acceptors (Lipinski definition) is 7. The standard InChI is InChI=1S/C32H43N7O2/c1-7-30(40)39-16-15-37(18-25(39)17-33-5)31-28-19-38(23(4)27-13-9-8-12-26(27)22(2)3)20-29(28)34-32(35-31)41-21-24-11-10-14-36(24)6/h7-9,12-13,22-25H,1,10-11,14-21H2,2-4,6H3/t23?,24-,25-/m0/s1. The van der Waals surface area contributed by atoms with Crippen molar-refractivity contribution in [3.05, 3.63) is 70.7 Å². The second-order valence-corrected chi connectivity index (χ2v) is 11.9. The Kier molecular flexibility index (Phi) is 8.91. The molecule has 0 radical (unpaired) electrons. The average molecular weight is 558 g/mol. The summed E-state index contributed by atoms with van der Waals surface area (Å²) in [5.41, 5.74) is 4.84. The highest BCUT2D eigenvalue weighted by molar-refractivity contribution is 5.87. The summed E-state index contributed by atoms with van der Waals surface area (Å²) in [6, 6.07) is 9.51. The first kappa shape index (κ1) is 29.0. The van der Waals surface area contributed by atoms with Gasteiger partial charge in [-0.15, -0.1) is 0 Å². The van der Waals surface area contributed by atoms with Crippen LogP contribution in [-0.2, 0) is 17.9 Å². The number of carbonyl (C=O) groups excluding carboxylic acids is 1. The van der Waals surface area contributed by atoms with Gasteiger partial charge in [-0.25, -0.2) is 6.57 Å². The minimum Gasteiger partial charge on any atom is -0.462 e. The maximum atomic E-state index is 12.5. The zero-order valence-corrected chi connectivity index (χ0v) is 24.9. The highest BCUT2D eigenvalue weighted by atomic mass is 16.5. The third-order valence-electron chi connectivity index (χ3n) is 9.00. The molecule has 1 unspecified atom stereocenters. The summed E-state index contributed by atoms with van der Waals surface area (Å²) in [5, 5.41) is 0. The number of aromatic nitrogens is 2.